The Kier molecular flexibility index (Phi) is 8.14. The van der Waals surface area contributed by atoms with Crippen molar-refractivity contribution in [1.29, 1.82) is 0 Å². The number of hydrogen-bond acceptors (Lipinski definition) is 6. The molecule has 0 saturated heterocycles. The Morgan fingerprint density at radius 3 is 2.58 bits per heavy atom. The molecule has 1 aliphatic carbocycles. The molecule has 2 heterocycles. The summed E-state index contributed by atoms with van der Waals surface area (Å²) >= 11 is 7.93. The van der Waals surface area contributed by atoms with Crippen LogP contribution in [-0.2, 0) is 22.7 Å². The molecule has 10 heteroatoms. The molecule has 0 spiro atoms. The number of benzene rings is 2. The van der Waals surface area contributed by atoms with Crippen LogP contribution in [0.2, 0.25) is 5.02 Å². The third-order valence-corrected chi connectivity index (χ3v) is 8.03. The van der Waals surface area contributed by atoms with Crippen LogP contribution in [-0.4, -0.2) is 43.0 Å². The predicted octanol–water partition coefficient (Wildman–Crippen LogP) is 5.19. The van der Waals surface area contributed by atoms with Gasteiger partial charge in [-0.3, -0.25) is 9.59 Å². The number of aromatic nitrogens is 4. The summed E-state index contributed by atoms with van der Waals surface area (Å²) in [7, 11) is 0. The third kappa shape index (κ3) is 6.11. The van der Waals surface area contributed by atoms with Crippen molar-refractivity contribution in [2.24, 2.45) is 0 Å². The minimum Gasteiger partial charge on any atom is -0.351 e. The molecule has 8 nitrogen and oxygen atoms in total. The number of carbonyl (C=O) groups is 2. The first-order chi connectivity index (χ1) is 18.5. The lowest BCUT2D eigenvalue weighted by atomic mass is 10.1. The summed E-state index contributed by atoms with van der Waals surface area (Å²) in [6.45, 7) is 2.01. The van der Waals surface area contributed by atoms with Crippen LogP contribution in [0.4, 0.5) is 0 Å². The minimum absolute atomic E-state index is 0.122. The van der Waals surface area contributed by atoms with Gasteiger partial charge >= 0.3 is 0 Å². The zero-order valence-electron chi connectivity index (χ0n) is 21.1. The van der Waals surface area contributed by atoms with Gasteiger partial charge in [-0.25, -0.2) is 0 Å². The van der Waals surface area contributed by atoms with E-state index in [-0.39, 0.29) is 30.9 Å². The first-order valence-electron chi connectivity index (χ1n) is 12.7. The highest BCUT2D eigenvalue weighted by atomic mass is 35.5. The number of aryl methyl sites for hydroxylation is 1. The fourth-order valence-electron chi connectivity index (χ4n) is 4.70. The summed E-state index contributed by atoms with van der Waals surface area (Å²) in [5.74, 6) is -0.0615. The van der Waals surface area contributed by atoms with E-state index in [1.54, 1.807) is 11.0 Å². The smallest absolute Gasteiger partial charge is 0.248 e. The molecule has 2 aromatic heterocycles. The average molecular weight is 549 g/mol. The zero-order chi connectivity index (χ0) is 26.5. The minimum atomic E-state index is -0.806. The summed E-state index contributed by atoms with van der Waals surface area (Å²) < 4.78 is 0. The lowest BCUT2D eigenvalue weighted by molar-refractivity contribution is -0.142. The lowest BCUT2D eigenvalue weighted by Crippen LogP contribution is -2.46. The van der Waals surface area contributed by atoms with Gasteiger partial charge in [-0.15, -0.1) is 21.5 Å². The van der Waals surface area contributed by atoms with Gasteiger partial charge in [0.25, 0.3) is 0 Å². The highest BCUT2D eigenvalue weighted by molar-refractivity contribution is 7.10. The second-order valence-electron chi connectivity index (χ2n) is 9.53. The number of tetrazole rings is 1. The molecule has 196 valence electrons. The van der Waals surface area contributed by atoms with Crippen LogP contribution in [0, 0.1) is 6.92 Å². The Morgan fingerprint density at radius 2 is 1.87 bits per heavy atom. The summed E-state index contributed by atoms with van der Waals surface area (Å²) in [6, 6.07) is 18.2. The number of nitrogens with one attached hydrogen (secondary N) is 1. The zero-order valence-corrected chi connectivity index (χ0v) is 22.7. The summed E-state index contributed by atoms with van der Waals surface area (Å²) in [5.41, 5.74) is 2.70. The average Bonchev–Trinajstić information content (AvgIpc) is 3.69. The Morgan fingerprint density at radius 1 is 1.11 bits per heavy atom. The van der Waals surface area contributed by atoms with Gasteiger partial charge in [-0.2, -0.15) is 4.80 Å². The predicted molar refractivity (Wildman–Crippen MR) is 147 cm³/mol. The molecule has 0 unspecified atom stereocenters. The molecule has 1 N–H and O–H groups in total. The van der Waals surface area contributed by atoms with Crippen LogP contribution in [0.3, 0.4) is 0 Å². The van der Waals surface area contributed by atoms with Crippen LogP contribution < -0.4 is 5.32 Å². The van der Waals surface area contributed by atoms with Crippen LogP contribution in [0.25, 0.3) is 11.4 Å². The maximum Gasteiger partial charge on any atom is 0.248 e. The van der Waals surface area contributed by atoms with Gasteiger partial charge in [0.15, 0.2) is 0 Å². The van der Waals surface area contributed by atoms with Gasteiger partial charge in [-0.05, 0) is 48.1 Å². The number of rotatable bonds is 9. The summed E-state index contributed by atoms with van der Waals surface area (Å²) in [5, 5.41) is 18.3. The van der Waals surface area contributed by atoms with Crippen molar-refractivity contribution in [1.82, 2.24) is 30.4 Å². The van der Waals surface area contributed by atoms with Crippen LogP contribution in [0.1, 0.15) is 47.7 Å². The molecule has 5 rings (SSSR count). The molecule has 1 saturated carbocycles. The molecule has 1 fully saturated rings. The van der Waals surface area contributed by atoms with Crippen LogP contribution in [0.15, 0.2) is 66.0 Å². The van der Waals surface area contributed by atoms with E-state index in [2.05, 4.69) is 20.7 Å². The quantitative estimate of drug-likeness (QED) is 0.310. The number of hydrogen-bond donors (Lipinski definition) is 1. The van der Waals surface area contributed by atoms with Crippen molar-refractivity contribution < 1.29 is 9.59 Å². The van der Waals surface area contributed by atoms with E-state index in [4.69, 9.17) is 11.6 Å². The molecule has 1 aliphatic rings. The van der Waals surface area contributed by atoms with E-state index in [0.717, 1.165) is 47.3 Å². The van der Waals surface area contributed by atoms with E-state index in [9.17, 15) is 9.59 Å². The molecule has 4 aromatic rings. The molecular weight excluding hydrogens is 520 g/mol. The van der Waals surface area contributed by atoms with Gasteiger partial charge in [-0.1, -0.05) is 78.5 Å². The number of thiophene rings is 1. The van der Waals surface area contributed by atoms with Crippen LogP contribution in [0.5, 0.6) is 0 Å². The molecular formula is C28H29ClN6O2S. The highest BCUT2D eigenvalue weighted by Crippen LogP contribution is 2.30. The fourth-order valence-corrected chi connectivity index (χ4v) is 5.73. The van der Waals surface area contributed by atoms with Crippen molar-refractivity contribution in [3.63, 3.8) is 0 Å². The normalized spacial score (nSPS) is 14.4. The molecule has 0 aliphatic heterocycles. The van der Waals surface area contributed by atoms with E-state index >= 15 is 0 Å². The Bertz CT molecular complexity index is 1380. The Labute approximate surface area is 230 Å². The highest BCUT2D eigenvalue weighted by Gasteiger charge is 2.34. The monoisotopic (exact) mass is 548 g/mol. The molecule has 1 atom stereocenters. The fraction of sp³-hybridized carbons (Fsp3) is 0.321. The molecule has 2 amide bonds. The van der Waals surface area contributed by atoms with E-state index < -0.39 is 6.04 Å². The van der Waals surface area contributed by atoms with Gasteiger partial charge in [0.1, 0.15) is 12.6 Å². The van der Waals surface area contributed by atoms with Crippen molar-refractivity contribution in [2.75, 3.05) is 0 Å². The molecule has 0 bridgehead atoms. The summed E-state index contributed by atoms with van der Waals surface area (Å²) in [4.78, 5) is 31.2. The molecule has 2 aromatic carbocycles. The second-order valence-corrected chi connectivity index (χ2v) is 10.9. The van der Waals surface area contributed by atoms with Crippen molar-refractivity contribution >= 4 is 34.8 Å². The largest absolute Gasteiger partial charge is 0.351 e. The van der Waals surface area contributed by atoms with Crippen molar-refractivity contribution in [3.05, 3.63) is 87.1 Å². The first-order valence-corrected chi connectivity index (χ1v) is 13.9. The SMILES string of the molecule is Cc1ccc(-c2nnn(CC(=O)N(Cc3ccccc3Cl)[C@@H](C(=O)NC3CCCC3)c3cccs3)n2)cc1. The van der Waals surface area contributed by atoms with Gasteiger partial charge in [0.2, 0.25) is 17.6 Å². The van der Waals surface area contributed by atoms with Crippen LogP contribution >= 0.6 is 22.9 Å². The second kappa shape index (κ2) is 11.9. The number of nitrogens with zero attached hydrogens (tertiary/aromatic N) is 5. The molecule has 38 heavy (non-hydrogen) atoms. The Hall–Kier alpha value is -3.56. The number of amides is 2. The van der Waals surface area contributed by atoms with Gasteiger partial charge < -0.3 is 10.2 Å². The van der Waals surface area contributed by atoms with E-state index in [0.29, 0.717) is 10.8 Å². The third-order valence-electron chi connectivity index (χ3n) is 6.73. The Balaban J connectivity index is 1.44. The molecule has 0 radical (unpaired) electrons. The van der Waals surface area contributed by atoms with E-state index in [1.165, 1.54) is 16.1 Å². The topological polar surface area (TPSA) is 93.0 Å². The maximum atomic E-state index is 13.9. The van der Waals surface area contributed by atoms with Gasteiger partial charge in [0.05, 0.1) is 0 Å². The van der Waals surface area contributed by atoms with Gasteiger partial charge in [0, 0.05) is 28.0 Å². The number of carbonyl (C=O) groups excluding carboxylic acids is 2. The standard InChI is InChI=1S/C28H29ClN6O2S/c1-19-12-14-20(15-13-19)27-31-33-35(32-27)18-25(36)34(17-21-7-2-5-10-23(21)29)26(24-11-6-16-38-24)28(37)30-22-8-3-4-9-22/h2,5-7,10-16,22,26H,3-4,8-9,17-18H2,1H3,(H,30,37)/t26-/m1/s1. The lowest BCUT2D eigenvalue weighted by Gasteiger charge is -2.31. The summed E-state index contributed by atoms with van der Waals surface area (Å²) in [6.07, 6.45) is 4.09. The number of halogens is 1. The van der Waals surface area contributed by atoms with Crippen molar-refractivity contribution in [3.8, 4) is 11.4 Å². The van der Waals surface area contributed by atoms with Crippen molar-refractivity contribution in [2.45, 2.75) is 57.8 Å². The maximum absolute atomic E-state index is 13.9. The van der Waals surface area contributed by atoms with E-state index in [1.807, 2.05) is 66.9 Å². The first kappa shape index (κ1) is 26.1.